The van der Waals surface area contributed by atoms with Crippen LogP contribution in [0.15, 0.2) is 35.4 Å². The molecule has 4 heterocycles. The highest BCUT2D eigenvalue weighted by Crippen LogP contribution is 2.41. The van der Waals surface area contributed by atoms with Gasteiger partial charge in [-0.3, -0.25) is 14.6 Å². The van der Waals surface area contributed by atoms with E-state index in [-0.39, 0.29) is 34.4 Å². The van der Waals surface area contributed by atoms with Gasteiger partial charge in [0.25, 0.3) is 11.8 Å². The van der Waals surface area contributed by atoms with E-state index in [4.69, 9.17) is 0 Å². The van der Waals surface area contributed by atoms with Gasteiger partial charge in [0, 0.05) is 43.8 Å². The predicted octanol–water partition coefficient (Wildman–Crippen LogP) is 2.65. The summed E-state index contributed by atoms with van der Waals surface area (Å²) >= 11 is 0. The van der Waals surface area contributed by atoms with Crippen molar-refractivity contribution in [2.45, 2.75) is 50.2 Å². The number of aromatic nitrogens is 3. The SMILES string of the molecule is Cc1[nH]c(-c2cc(-c3cc4c(c(S(C)(=O)=O)c3)C(=O)N(C(C)C3CC3)C4)ccn2)nc1C(=O)NC1CN(C)C1. The first-order valence-corrected chi connectivity index (χ1v) is 15.1. The number of H-pyrrole nitrogens is 1. The Morgan fingerprint density at radius 1 is 1.18 bits per heavy atom. The summed E-state index contributed by atoms with van der Waals surface area (Å²) in [6, 6.07) is 7.29. The number of benzene rings is 1. The molecule has 39 heavy (non-hydrogen) atoms. The molecule has 6 rings (SSSR count). The first-order chi connectivity index (χ1) is 18.5. The summed E-state index contributed by atoms with van der Waals surface area (Å²) in [5.74, 6) is 0.493. The van der Waals surface area contributed by atoms with Crippen LogP contribution in [-0.4, -0.2) is 83.5 Å². The van der Waals surface area contributed by atoms with Crippen LogP contribution in [0, 0.1) is 12.8 Å². The van der Waals surface area contributed by atoms with Crippen LogP contribution in [0.25, 0.3) is 22.6 Å². The smallest absolute Gasteiger partial charge is 0.272 e. The average molecular weight is 549 g/mol. The Kier molecular flexibility index (Phi) is 6.11. The number of aryl methyl sites for hydroxylation is 1. The molecule has 0 spiro atoms. The van der Waals surface area contributed by atoms with Gasteiger partial charge >= 0.3 is 0 Å². The molecule has 0 bridgehead atoms. The first kappa shape index (κ1) is 25.7. The van der Waals surface area contributed by atoms with E-state index in [2.05, 4.69) is 25.2 Å². The minimum Gasteiger partial charge on any atom is -0.345 e. The summed E-state index contributed by atoms with van der Waals surface area (Å²) in [7, 11) is -1.66. The Morgan fingerprint density at radius 2 is 1.92 bits per heavy atom. The van der Waals surface area contributed by atoms with Crippen molar-refractivity contribution in [3.05, 3.63) is 53.0 Å². The fourth-order valence-electron chi connectivity index (χ4n) is 5.65. The molecule has 3 aliphatic rings. The summed E-state index contributed by atoms with van der Waals surface area (Å²) in [5, 5.41) is 3.00. The minimum absolute atomic E-state index is 0.0540. The van der Waals surface area contributed by atoms with Gasteiger partial charge in [0.2, 0.25) is 0 Å². The lowest BCUT2D eigenvalue weighted by Crippen LogP contribution is -2.57. The number of likely N-dealkylation sites (N-methyl/N-ethyl adjacent to an activating group) is 1. The second-order valence-electron chi connectivity index (χ2n) is 11.2. The van der Waals surface area contributed by atoms with E-state index in [1.807, 2.05) is 26.1 Å². The van der Waals surface area contributed by atoms with E-state index < -0.39 is 9.84 Å². The number of hydrogen-bond donors (Lipinski definition) is 2. The van der Waals surface area contributed by atoms with E-state index in [1.54, 1.807) is 30.2 Å². The van der Waals surface area contributed by atoms with Gasteiger partial charge in [-0.1, -0.05) is 0 Å². The molecule has 10 nitrogen and oxygen atoms in total. The second kappa shape index (κ2) is 9.27. The van der Waals surface area contributed by atoms with Crippen molar-refractivity contribution in [3.8, 4) is 22.6 Å². The van der Waals surface area contributed by atoms with Crippen LogP contribution >= 0.6 is 0 Å². The lowest BCUT2D eigenvalue weighted by atomic mass is 10.0. The number of imidazole rings is 1. The zero-order valence-corrected chi connectivity index (χ0v) is 23.3. The largest absolute Gasteiger partial charge is 0.345 e. The van der Waals surface area contributed by atoms with Crippen LogP contribution in [0.2, 0.25) is 0 Å². The van der Waals surface area contributed by atoms with Gasteiger partial charge in [-0.05, 0) is 80.6 Å². The maximum Gasteiger partial charge on any atom is 0.272 e. The number of pyridine rings is 1. The van der Waals surface area contributed by atoms with Crippen LogP contribution in [0.3, 0.4) is 0 Å². The molecule has 2 fully saturated rings. The predicted molar refractivity (Wildman–Crippen MR) is 146 cm³/mol. The first-order valence-electron chi connectivity index (χ1n) is 13.2. The summed E-state index contributed by atoms with van der Waals surface area (Å²) in [4.78, 5) is 42.2. The third-order valence-corrected chi connectivity index (χ3v) is 9.15. The van der Waals surface area contributed by atoms with Gasteiger partial charge in [-0.25, -0.2) is 13.4 Å². The second-order valence-corrected chi connectivity index (χ2v) is 13.2. The maximum absolute atomic E-state index is 13.3. The maximum atomic E-state index is 13.3. The third kappa shape index (κ3) is 4.74. The quantitative estimate of drug-likeness (QED) is 0.465. The Morgan fingerprint density at radius 3 is 2.59 bits per heavy atom. The van der Waals surface area contributed by atoms with E-state index in [0.717, 1.165) is 43.3 Å². The number of nitrogens with one attached hydrogen (secondary N) is 2. The summed E-state index contributed by atoms with van der Waals surface area (Å²) < 4.78 is 25.6. The Balaban J connectivity index is 1.33. The summed E-state index contributed by atoms with van der Waals surface area (Å²) in [6.45, 7) is 5.86. The van der Waals surface area contributed by atoms with Crippen LogP contribution < -0.4 is 5.32 Å². The molecule has 1 aromatic carbocycles. The van der Waals surface area contributed by atoms with Crippen LogP contribution in [0.5, 0.6) is 0 Å². The van der Waals surface area contributed by atoms with Crippen molar-refractivity contribution >= 4 is 21.7 Å². The summed E-state index contributed by atoms with van der Waals surface area (Å²) in [5.41, 5.74) is 3.93. The molecular weight excluding hydrogens is 516 g/mol. The minimum atomic E-state index is -3.66. The van der Waals surface area contributed by atoms with Crippen LogP contribution in [-0.2, 0) is 16.4 Å². The van der Waals surface area contributed by atoms with Gasteiger partial charge in [0.15, 0.2) is 15.7 Å². The zero-order chi connectivity index (χ0) is 27.6. The Hall–Kier alpha value is -3.57. The number of likely N-dealkylation sites (tertiary alicyclic amines) is 1. The number of sulfone groups is 1. The van der Waals surface area contributed by atoms with E-state index in [1.165, 1.54) is 0 Å². The van der Waals surface area contributed by atoms with Crippen LogP contribution in [0.4, 0.5) is 0 Å². The number of fused-ring (bicyclic) bond motifs is 1. The molecule has 1 unspecified atom stereocenters. The normalized spacial score (nSPS) is 18.7. The van der Waals surface area contributed by atoms with Gasteiger partial charge in [-0.15, -0.1) is 0 Å². The van der Waals surface area contributed by atoms with Gasteiger partial charge in [0.05, 0.1) is 16.5 Å². The molecular formula is C28H32N6O4S. The van der Waals surface area contributed by atoms with Crippen molar-refractivity contribution < 1.29 is 18.0 Å². The number of aromatic amines is 1. The Bertz CT molecular complexity index is 1600. The number of rotatable bonds is 7. The molecule has 0 radical (unpaired) electrons. The number of carbonyl (C=O) groups is 2. The van der Waals surface area contributed by atoms with Crippen molar-refractivity contribution in [1.82, 2.24) is 30.1 Å². The molecule has 1 saturated carbocycles. The number of amides is 2. The molecule has 1 atom stereocenters. The van der Waals surface area contributed by atoms with Crippen molar-refractivity contribution in [3.63, 3.8) is 0 Å². The monoisotopic (exact) mass is 548 g/mol. The molecule has 1 aliphatic carbocycles. The van der Waals surface area contributed by atoms with Gasteiger partial charge in [0.1, 0.15) is 11.4 Å². The highest BCUT2D eigenvalue weighted by Gasteiger charge is 2.41. The highest BCUT2D eigenvalue weighted by atomic mass is 32.2. The molecule has 2 amide bonds. The molecule has 204 valence electrons. The van der Waals surface area contributed by atoms with E-state index in [0.29, 0.717) is 40.9 Å². The van der Waals surface area contributed by atoms with Crippen molar-refractivity contribution in [1.29, 1.82) is 0 Å². The van der Waals surface area contributed by atoms with Crippen LogP contribution in [0.1, 0.15) is 51.9 Å². The number of carbonyl (C=O) groups excluding carboxylic acids is 2. The van der Waals surface area contributed by atoms with E-state index >= 15 is 0 Å². The van der Waals surface area contributed by atoms with Gasteiger partial charge in [-0.2, -0.15) is 0 Å². The molecule has 11 heteroatoms. The highest BCUT2D eigenvalue weighted by molar-refractivity contribution is 7.90. The van der Waals surface area contributed by atoms with E-state index in [9.17, 15) is 18.0 Å². The topological polar surface area (TPSA) is 128 Å². The molecule has 2 aliphatic heterocycles. The third-order valence-electron chi connectivity index (χ3n) is 8.03. The summed E-state index contributed by atoms with van der Waals surface area (Å²) in [6.07, 6.45) is 4.97. The lowest BCUT2D eigenvalue weighted by molar-refractivity contribution is 0.0694. The number of hydrogen-bond acceptors (Lipinski definition) is 7. The fraction of sp³-hybridized carbons (Fsp3) is 0.429. The molecule has 3 aromatic rings. The zero-order valence-electron chi connectivity index (χ0n) is 22.5. The van der Waals surface area contributed by atoms with Gasteiger partial charge < -0.3 is 20.1 Å². The fourth-order valence-corrected chi connectivity index (χ4v) is 6.58. The lowest BCUT2D eigenvalue weighted by Gasteiger charge is -2.36. The average Bonchev–Trinajstić information content (AvgIpc) is 3.57. The standard InChI is InChI=1S/C28H32N6O4S/c1-15-25(27(35)31-21-13-33(3)14-21)32-26(30-15)22-10-18(7-8-29-22)19-9-20-12-34(16(2)17-5-6-17)28(36)24(20)23(11-19)39(4,37)38/h7-11,16-17,21H,5-6,12-14H2,1-4H3,(H,30,32)(H,31,35). The van der Waals surface area contributed by atoms with Crippen molar-refractivity contribution in [2.24, 2.45) is 5.92 Å². The molecule has 2 N–H and O–H groups in total. The van der Waals surface area contributed by atoms with Crippen molar-refractivity contribution in [2.75, 3.05) is 26.4 Å². The number of nitrogens with zero attached hydrogens (tertiary/aromatic N) is 4. The Labute approximate surface area is 227 Å². The molecule has 2 aromatic heterocycles. The molecule has 1 saturated heterocycles.